The quantitative estimate of drug-likeness (QED) is 0.752. The summed E-state index contributed by atoms with van der Waals surface area (Å²) in [5.74, 6) is -3.41. The van der Waals surface area contributed by atoms with E-state index in [0.717, 1.165) is 13.8 Å². The lowest BCUT2D eigenvalue weighted by Crippen LogP contribution is -2.40. The molecular formula is C15H23F2N2O2S+. The molecule has 0 unspecified atom stereocenters. The van der Waals surface area contributed by atoms with E-state index in [4.69, 9.17) is 5.73 Å². The van der Waals surface area contributed by atoms with E-state index in [1.54, 1.807) is 0 Å². The molecule has 0 saturated carbocycles. The molecule has 4 nitrogen and oxygen atoms in total. The summed E-state index contributed by atoms with van der Waals surface area (Å²) < 4.78 is 38.8. The van der Waals surface area contributed by atoms with Crippen molar-refractivity contribution in [1.29, 1.82) is 0 Å². The van der Waals surface area contributed by atoms with Crippen molar-refractivity contribution in [3.63, 3.8) is 0 Å². The third-order valence-corrected chi connectivity index (χ3v) is 4.23. The number of rotatable bonds is 7. The van der Waals surface area contributed by atoms with Crippen LogP contribution in [0.5, 0.6) is 0 Å². The highest BCUT2D eigenvalue weighted by molar-refractivity contribution is 7.67. The Kier molecular flexibility index (Phi) is 5.70. The van der Waals surface area contributed by atoms with Crippen LogP contribution in [-0.4, -0.2) is 20.4 Å². The van der Waals surface area contributed by atoms with Crippen LogP contribution in [0.25, 0.3) is 0 Å². The van der Waals surface area contributed by atoms with Gasteiger partial charge in [-0.3, -0.25) is 4.98 Å². The first-order chi connectivity index (χ1) is 9.90. The van der Waals surface area contributed by atoms with Gasteiger partial charge in [0.25, 0.3) is 0 Å². The van der Waals surface area contributed by atoms with Crippen LogP contribution in [0.1, 0.15) is 57.8 Å². The van der Waals surface area contributed by atoms with Gasteiger partial charge < -0.3 is 10.8 Å². The molecule has 124 valence electrons. The van der Waals surface area contributed by atoms with E-state index >= 15 is 0 Å². The summed E-state index contributed by atoms with van der Waals surface area (Å²) in [7, 11) is 0. The highest BCUT2D eigenvalue weighted by atomic mass is 32.1. The first-order valence-electron chi connectivity index (χ1n) is 7.04. The monoisotopic (exact) mass is 333 g/mol. The standard InChI is InChI=1S/C15H23F2N2O2S/c1-13(2,22-21)7-5-11(18)12-9-10(6-8-19-12)15(16,17)14(3,4)20/h6,8-9,11,20H,5,7,18H2,1-4H3/q+1/t11-/m1/s1. The molecule has 0 aliphatic heterocycles. The zero-order chi connectivity index (χ0) is 17.2. The molecule has 0 aliphatic carbocycles. The van der Waals surface area contributed by atoms with E-state index in [-0.39, 0.29) is 5.56 Å². The number of nitrogens with zero attached hydrogens (tertiary/aromatic N) is 1. The van der Waals surface area contributed by atoms with Gasteiger partial charge in [0, 0.05) is 28.4 Å². The first kappa shape index (κ1) is 19.0. The molecule has 1 aromatic rings. The van der Waals surface area contributed by atoms with Crippen molar-refractivity contribution in [2.24, 2.45) is 5.73 Å². The largest absolute Gasteiger partial charge is 0.464 e. The minimum atomic E-state index is -3.41. The molecule has 1 atom stereocenters. The smallest absolute Gasteiger partial charge is 0.384 e. The Morgan fingerprint density at radius 3 is 2.45 bits per heavy atom. The number of hydrogen-bond donors (Lipinski definition) is 2. The van der Waals surface area contributed by atoms with Gasteiger partial charge in [0.2, 0.25) is 4.75 Å². The molecule has 0 spiro atoms. The molecule has 0 saturated heterocycles. The zero-order valence-electron chi connectivity index (χ0n) is 13.3. The number of alkyl halides is 2. The second-order valence-corrected chi connectivity index (χ2v) is 7.86. The number of halogens is 2. The molecule has 3 N–H and O–H groups in total. The molecule has 0 amide bonds. The van der Waals surface area contributed by atoms with Gasteiger partial charge in [-0.25, -0.2) is 0 Å². The zero-order valence-corrected chi connectivity index (χ0v) is 14.1. The van der Waals surface area contributed by atoms with Crippen LogP contribution >= 0.6 is 0 Å². The van der Waals surface area contributed by atoms with Gasteiger partial charge in [0.05, 0.1) is 5.69 Å². The normalized spacial score (nSPS) is 14.7. The van der Waals surface area contributed by atoms with E-state index in [2.05, 4.69) is 4.98 Å². The van der Waals surface area contributed by atoms with Crippen LogP contribution in [0.4, 0.5) is 8.78 Å². The van der Waals surface area contributed by atoms with Gasteiger partial charge in [0.1, 0.15) is 5.60 Å². The maximum atomic E-state index is 14.2. The molecule has 7 heteroatoms. The Labute approximate surface area is 133 Å². The molecular weight excluding hydrogens is 310 g/mol. The predicted molar refractivity (Wildman–Crippen MR) is 82.7 cm³/mol. The van der Waals surface area contributed by atoms with E-state index in [0.29, 0.717) is 30.2 Å². The van der Waals surface area contributed by atoms with Crippen molar-refractivity contribution in [1.82, 2.24) is 4.98 Å². The molecule has 0 radical (unpaired) electrons. The topological polar surface area (TPSA) is 76.2 Å². The highest BCUT2D eigenvalue weighted by Crippen LogP contribution is 2.39. The maximum Gasteiger partial charge on any atom is 0.464 e. The second-order valence-electron chi connectivity index (χ2n) is 6.59. The fourth-order valence-corrected chi connectivity index (χ4v) is 2.09. The van der Waals surface area contributed by atoms with Crippen LogP contribution in [0.2, 0.25) is 0 Å². The highest BCUT2D eigenvalue weighted by Gasteiger charge is 2.47. The van der Waals surface area contributed by atoms with Crippen LogP contribution in [-0.2, 0) is 21.8 Å². The third kappa shape index (κ3) is 4.47. The average Bonchev–Trinajstić information content (AvgIpc) is 2.44. The first-order valence-corrected chi connectivity index (χ1v) is 7.78. The maximum absolute atomic E-state index is 14.2. The van der Waals surface area contributed by atoms with E-state index < -0.39 is 22.3 Å². The molecule has 0 fully saturated rings. The number of aliphatic hydroxyl groups is 1. The number of aromatic nitrogens is 1. The minimum absolute atomic E-state index is 0.321. The second kappa shape index (κ2) is 6.60. The summed E-state index contributed by atoms with van der Waals surface area (Å²) in [5, 5.41) is 9.63. The molecule has 1 heterocycles. The van der Waals surface area contributed by atoms with Crippen molar-refractivity contribution in [2.75, 3.05) is 0 Å². The van der Waals surface area contributed by atoms with Crippen molar-refractivity contribution < 1.29 is 18.1 Å². The Hall–Kier alpha value is -1.05. The van der Waals surface area contributed by atoms with Gasteiger partial charge in [-0.15, -0.1) is 0 Å². The van der Waals surface area contributed by atoms with Crippen molar-refractivity contribution in [3.8, 4) is 0 Å². The Bertz CT molecular complexity index is 531. The van der Waals surface area contributed by atoms with Crippen molar-refractivity contribution >= 4 is 11.7 Å². The number of hydrogen-bond acceptors (Lipinski definition) is 4. The lowest BCUT2D eigenvalue weighted by atomic mass is 9.92. The van der Waals surface area contributed by atoms with Gasteiger partial charge in [-0.05, 0) is 46.2 Å². The Balaban J connectivity index is 2.95. The molecule has 1 aromatic heterocycles. The minimum Gasteiger partial charge on any atom is -0.384 e. The van der Waals surface area contributed by atoms with Crippen LogP contribution < -0.4 is 5.73 Å². The Morgan fingerprint density at radius 1 is 1.36 bits per heavy atom. The SMILES string of the molecule is CC(C)(CC[C@@H](N)c1cc(C(F)(F)C(C)(C)O)ccn1)[S+]=O. The van der Waals surface area contributed by atoms with Crippen LogP contribution in [0.3, 0.4) is 0 Å². The summed E-state index contributed by atoms with van der Waals surface area (Å²) in [5.41, 5.74) is 3.82. The third-order valence-electron chi connectivity index (χ3n) is 3.57. The molecule has 22 heavy (non-hydrogen) atoms. The van der Waals surface area contributed by atoms with E-state index in [1.165, 1.54) is 18.3 Å². The van der Waals surface area contributed by atoms with Crippen molar-refractivity contribution in [3.05, 3.63) is 29.6 Å². The fourth-order valence-electron chi connectivity index (χ4n) is 1.89. The van der Waals surface area contributed by atoms with Crippen LogP contribution in [0.15, 0.2) is 18.3 Å². The number of nitrogens with two attached hydrogens (primary N) is 1. The molecule has 0 bridgehead atoms. The van der Waals surface area contributed by atoms with E-state index in [1.807, 2.05) is 13.8 Å². The van der Waals surface area contributed by atoms with Gasteiger partial charge in [-0.1, -0.05) is 0 Å². The predicted octanol–water partition coefficient (Wildman–Crippen LogP) is 2.93. The summed E-state index contributed by atoms with van der Waals surface area (Å²) >= 11 is 0.496. The summed E-state index contributed by atoms with van der Waals surface area (Å²) in [6, 6.07) is 1.86. The summed E-state index contributed by atoms with van der Waals surface area (Å²) in [6.45, 7) is 5.73. The Morgan fingerprint density at radius 2 is 1.95 bits per heavy atom. The average molecular weight is 333 g/mol. The summed E-state index contributed by atoms with van der Waals surface area (Å²) in [6.07, 6.45) is 2.28. The van der Waals surface area contributed by atoms with Crippen molar-refractivity contribution in [2.45, 2.75) is 62.8 Å². The van der Waals surface area contributed by atoms with Gasteiger partial charge in [0.15, 0.2) is 0 Å². The molecule has 0 aliphatic rings. The molecule has 0 aromatic carbocycles. The lowest BCUT2D eigenvalue weighted by Gasteiger charge is -2.29. The molecule has 1 rings (SSSR count). The van der Waals surface area contributed by atoms with Gasteiger partial charge >= 0.3 is 17.6 Å². The number of pyridine rings is 1. The summed E-state index contributed by atoms with van der Waals surface area (Å²) in [4.78, 5) is 4.04. The van der Waals surface area contributed by atoms with Crippen LogP contribution in [0, 0.1) is 0 Å². The van der Waals surface area contributed by atoms with E-state index in [9.17, 15) is 18.1 Å². The fraction of sp³-hybridized carbons (Fsp3) is 0.667. The lowest BCUT2D eigenvalue weighted by molar-refractivity contribution is -0.168. The van der Waals surface area contributed by atoms with Gasteiger partial charge in [-0.2, -0.15) is 8.78 Å².